The molecule has 1 rings (SSSR count). The highest BCUT2D eigenvalue weighted by Crippen LogP contribution is 2.16. The van der Waals surface area contributed by atoms with Crippen LogP contribution in [0.1, 0.15) is 25.0 Å². The number of nitrogens with two attached hydrogens (primary N) is 2. The SMILES string of the molecule is CC(C)CN(CC(N)=O)Cc1cccc(C(N)=S)c1F. The lowest BCUT2D eigenvalue weighted by atomic mass is 10.1. The van der Waals surface area contributed by atoms with Crippen LogP contribution in [0.2, 0.25) is 0 Å². The number of carbonyl (C=O) groups excluding carboxylic acids is 1. The third-order valence-electron chi connectivity index (χ3n) is 2.74. The zero-order chi connectivity index (χ0) is 15.3. The van der Waals surface area contributed by atoms with E-state index < -0.39 is 11.7 Å². The van der Waals surface area contributed by atoms with E-state index in [0.29, 0.717) is 24.6 Å². The zero-order valence-corrected chi connectivity index (χ0v) is 12.5. The highest BCUT2D eigenvalue weighted by Gasteiger charge is 2.15. The van der Waals surface area contributed by atoms with Gasteiger partial charge in [-0.1, -0.05) is 38.2 Å². The van der Waals surface area contributed by atoms with Gasteiger partial charge in [-0.2, -0.15) is 0 Å². The molecule has 0 saturated carbocycles. The van der Waals surface area contributed by atoms with E-state index in [1.807, 2.05) is 18.7 Å². The van der Waals surface area contributed by atoms with Crippen molar-refractivity contribution in [2.45, 2.75) is 20.4 Å². The smallest absolute Gasteiger partial charge is 0.231 e. The lowest BCUT2D eigenvalue weighted by molar-refractivity contribution is -0.119. The third-order valence-corrected chi connectivity index (χ3v) is 2.96. The Bertz CT molecular complexity index is 505. The molecule has 0 aliphatic heterocycles. The first-order valence-electron chi connectivity index (χ1n) is 6.39. The van der Waals surface area contributed by atoms with E-state index in [4.69, 9.17) is 23.7 Å². The molecule has 0 aliphatic rings. The maximum atomic E-state index is 14.2. The van der Waals surface area contributed by atoms with Crippen molar-refractivity contribution in [2.75, 3.05) is 13.1 Å². The largest absolute Gasteiger partial charge is 0.389 e. The summed E-state index contributed by atoms with van der Waals surface area (Å²) in [6.07, 6.45) is 0. The monoisotopic (exact) mass is 297 g/mol. The topological polar surface area (TPSA) is 72.3 Å². The predicted octanol–water partition coefficient (Wildman–Crippen LogP) is 1.40. The van der Waals surface area contributed by atoms with Crippen LogP contribution in [0.3, 0.4) is 0 Å². The first kappa shape index (κ1) is 16.5. The van der Waals surface area contributed by atoms with E-state index in [1.165, 1.54) is 0 Å². The van der Waals surface area contributed by atoms with Crippen molar-refractivity contribution in [3.05, 3.63) is 35.1 Å². The summed E-state index contributed by atoms with van der Waals surface area (Å²) in [4.78, 5) is 12.9. The fourth-order valence-electron chi connectivity index (χ4n) is 2.05. The number of benzene rings is 1. The van der Waals surface area contributed by atoms with Crippen LogP contribution < -0.4 is 11.5 Å². The molecule has 0 bridgehead atoms. The molecule has 0 unspecified atom stereocenters. The van der Waals surface area contributed by atoms with E-state index >= 15 is 0 Å². The van der Waals surface area contributed by atoms with E-state index in [0.717, 1.165) is 0 Å². The molecule has 1 amide bonds. The maximum Gasteiger partial charge on any atom is 0.231 e. The second-order valence-corrected chi connectivity index (χ2v) is 5.61. The molecule has 4 nitrogen and oxygen atoms in total. The number of halogens is 1. The summed E-state index contributed by atoms with van der Waals surface area (Å²) in [5.41, 5.74) is 11.4. The molecule has 1 aromatic rings. The Morgan fingerprint density at radius 2 is 2.05 bits per heavy atom. The van der Waals surface area contributed by atoms with E-state index in [1.54, 1.807) is 18.2 Å². The first-order valence-corrected chi connectivity index (χ1v) is 6.80. The molecule has 1 aromatic carbocycles. The van der Waals surface area contributed by atoms with Crippen LogP contribution in [-0.4, -0.2) is 28.9 Å². The predicted molar refractivity (Wildman–Crippen MR) is 81.6 cm³/mol. The number of rotatable bonds is 7. The highest BCUT2D eigenvalue weighted by molar-refractivity contribution is 7.80. The number of amides is 1. The standard InChI is InChI=1S/C14H20FN3OS/c1-9(2)6-18(8-12(16)19)7-10-4-3-5-11(13(10)15)14(17)20/h3-5,9H,6-8H2,1-2H3,(H2,16,19)(H2,17,20). The van der Waals surface area contributed by atoms with Crippen molar-refractivity contribution < 1.29 is 9.18 Å². The molecule has 0 atom stereocenters. The van der Waals surface area contributed by atoms with Crippen molar-refractivity contribution in [1.29, 1.82) is 0 Å². The maximum absolute atomic E-state index is 14.2. The van der Waals surface area contributed by atoms with Gasteiger partial charge in [0.15, 0.2) is 0 Å². The molecule has 0 radical (unpaired) electrons. The van der Waals surface area contributed by atoms with Crippen molar-refractivity contribution in [2.24, 2.45) is 17.4 Å². The number of nitrogens with zero attached hydrogens (tertiary/aromatic N) is 1. The summed E-state index contributed by atoms with van der Waals surface area (Å²) in [5, 5.41) is 0. The van der Waals surface area contributed by atoms with Gasteiger partial charge in [-0.15, -0.1) is 0 Å². The van der Waals surface area contributed by atoms with Crippen LogP contribution in [0.15, 0.2) is 18.2 Å². The van der Waals surface area contributed by atoms with Crippen LogP contribution in [-0.2, 0) is 11.3 Å². The molecular weight excluding hydrogens is 277 g/mol. The molecule has 20 heavy (non-hydrogen) atoms. The molecule has 0 saturated heterocycles. The van der Waals surface area contributed by atoms with Gasteiger partial charge in [-0.3, -0.25) is 9.69 Å². The minimum absolute atomic E-state index is 0.0228. The van der Waals surface area contributed by atoms with Crippen LogP contribution in [0.25, 0.3) is 0 Å². The van der Waals surface area contributed by atoms with Crippen LogP contribution >= 0.6 is 12.2 Å². The molecular formula is C14H20FN3OS. The number of carbonyl (C=O) groups is 1. The van der Waals surface area contributed by atoms with Crippen molar-refractivity contribution in [1.82, 2.24) is 4.90 Å². The zero-order valence-electron chi connectivity index (χ0n) is 11.7. The normalized spacial score (nSPS) is 11.1. The third kappa shape index (κ3) is 4.86. The Morgan fingerprint density at radius 1 is 1.40 bits per heavy atom. The van der Waals surface area contributed by atoms with Gasteiger partial charge >= 0.3 is 0 Å². The second kappa shape index (κ2) is 7.31. The first-order chi connectivity index (χ1) is 9.31. The molecule has 0 aliphatic carbocycles. The lowest BCUT2D eigenvalue weighted by Crippen LogP contribution is -2.36. The summed E-state index contributed by atoms with van der Waals surface area (Å²) < 4.78 is 14.2. The van der Waals surface area contributed by atoms with Gasteiger partial charge in [0.25, 0.3) is 0 Å². The van der Waals surface area contributed by atoms with Crippen molar-refractivity contribution in [3.8, 4) is 0 Å². The lowest BCUT2D eigenvalue weighted by Gasteiger charge is -2.23. The summed E-state index contributed by atoms with van der Waals surface area (Å²) in [7, 11) is 0. The van der Waals surface area contributed by atoms with Gasteiger partial charge in [-0.05, 0) is 12.0 Å². The fraction of sp³-hybridized carbons (Fsp3) is 0.429. The van der Waals surface area contributed by atoms with Gasteiger partial charge in [0.1, 0.15) is 10.8 Å². The van der Waals surface area contributed by atoms with Gasteiger partial charge < -0.3 is 11.5 Å². The van der Waals surface area contributed by atoms with E-state index in [9.17, 15) is 9.18 Å². The Balaban J connectivity index is 2.95. The van der Waals surface area contributed by atoms with Gasteiger partial charge in [0.05, 0.1) is 6.54 Å². The average molecular weight is 297 g/mol. The number of hydrogen-bond acceptors (Lipinski definition) is 3. The summed E-state index contributed by atoms with van der Waals surface area (Å²) in [5.74, 6) is -0.522. The van der Waals surface area contributed by atoms with Gasteiger partial charge in [0, 0.05) is 24.2 Å². The average Bonchev–Trinajstić information content (AvgIpc) is 2.29. The number of hydrogen-bond donors (Lipinski definition) is 2. The molecule has 110 valence electrons. The van der Waals surface area contributed by atoms with Crippen LogP contribution in [0.4, 0.5) is 4.39 Å². The Hall–Kier alpha value is -1.53. The number of thiocarbonyl (C=S) groups is 1. The van der Waals surface area contributed by atoms with E-state index in [2.05, 4.69) is 0 Å². The second-order valence-electron chi connectivity index (χ2n) is 5.17. The highest BCUT2D eigenvalue weighted by atomic mass is 32.1. The number of primary amides is 1. The molecule has 0 aromatic heterocycles. The molecule has 0 fully saturated rings. The Kier molecular flexibility index (Phi) is 6.04. The summed E-state index contributed by atoms with van der Waals surface area (Å²) in [6.45, 7) is 5.09. The van der Waals surface area contributed by atoms with Gasteiger partial charge in [0.2, 0.25) is 5.91 Å². The van der Waals surface area contributed by atoms with Crippen molar-refractivity contribution >= 4 is 23.1 Å². The molecule has 0 spiro atoms. The molecule has 4 N–H and O–H groups in total. The van der Waals surface area contributed by atoms with Crippen LogP contribution in [0.5, 0.6) is 0 Å². The summed E-state index contributed by atoms with van der Waals surface area (Å²) in [6, 6.07) is 4.90. The van der Waals surface area contributed by atoms with Crippen molar-refractivity contribution in [3.63, 3.8) is 0 Å². The minimum Gasteiger partial charge on any atom is -0.389 e. The van der Waals surface area contributed by atoms with Gasteiger partial charge in [-0.25, -0.2) is 4.39 Å². The molecule has 6 heteroatoms. The molecule has 0 heterocycles. The Morgan fingerprint density at radius 3 is 2.55 bits per heavy atom. The summed E-state index contributed by atoms with van der Waals surface area (Å²) >= 11 is 4.81. The minimum atomic E-state index is -0.434. The van der Waals surface area contributed by atoms with Crippen LogP contribution in [0, 0.1) is 11.7 Å². The van der Waals surface area contributed by atoms with E-state index in [-0.39, 0.29) is 17.1 Å². The quantitative estimate of drug-likeness (QED) is 0.746. The fourth-order valence-corrected chi connectivity index (χ4v) is 2.21. The Labute approximate surface area is 123 Å².